The highest BCUT2D eigenvalue weighted by molar-refractivity contribution is 5.63. The van der Waals surface area contributed by atoms with Gasteiger partial charge < -0.3 is 0 Å². The number of rotatable bonds is 2. The molecule has 0 aliphatic carbocycles. The average molecular weight is 324 g/mol. The van der Waals surface area contributed by atoms with Crippen LogP contribution in [0.4, 0.5) is 0 Å². The maximum atomic E-state index is 7.35. The zero-order chi connectivity index (χ0) is 18.2. The van der Waals surface area contributed by atoms with Crippen molar-refractivity contribution >= 4 is 0 Å². The summed E-state index contributed by atoms with van der Waals surface area (Å²) in [4.78, 5) is 0. The third-order valence-corrected chi connectivity index (χ3v) is 3.98. The van der Waals surface area contributed by atoms with Gasteiger partial charge in [0.25, 0.3) is 0 Å². The van der Waals surface area contributed by atoms with Crippen LogP contribution in [0.2, 0.25) is 0 Å². The topological polar surface area (TPSA) is 0 Å². The van der Waals surface area contributed by atoms with Gasteiger partial charge in [-0.3, -0.25) is 0 Å². The Labute approximate surface area is 151 Å². The van der Waals surface area contributed by atoms with Crippen molar-refractivity contribution in [2.75, 3.05) is 0 Å². The number of hydrogen-bond donors (Lipinski definition) is 0. The molecule has 0 N–H and O–H groups in total. The molecule has 0 atom stereocenters. The SMILES string of the molecule is Cc1ccc(-c2ccccc2)cc1.[3H]c1ccc(-c2ccccc2)cc1. The van der Waals surface area contributed by atoms with Crippen molar-refractivity contribution in [3.8, 4) is 22.3 Å². The zero-order valence-corrected chi connectivity index (χ0v) is 14.4. The molecular formula is C25H22. The maximum Gasteiger partial charge on any atom is 0.0623 e. The first-order valence-corrected chi connectivity index (χ1v) is 8.46. The van der Waals surface area contributed by atoms with Crippen LogP contribution in [0.25, 0.3) is 22.3 Å². The van der Waals surface area contributed by atoms with Gasteiger partial charge in [-0.25, -0.2) is 0 Å². The van der Waals surface area contributed by atoms with E-state index in [9.17, 15) is 0 Å². The summed E-state index contributed by atoms with van der Waals surface area (Å²) >= 11 is 0. The molecule has 25 heavy (non-hydrogen) atoms. The first kappa shape index (κ1) is 15.4. The van der Waals surface area contributed by atoms with Crippen molar-refractivity contribution in [3.05, 3.63) is 121 Å². The van der Waals surface area contributed by atoms with E-state index in [1.165, 1.54) is 22.3 Å². The van der Waals surface area contributed by atoms with Gasteiger partial charge in [-0.15, -0.1) is 0 Å². The molecule has 0 spiro atoms. The molecule has 0 bridgehead atoms. The number of benzene rings is 4. The molecule has 0 aliphatic rings. The molecule has 0 radical (unpaired) electrons. The van der Waals surface area contributed by atoms with Crippen LogP contribution in [0.1, 0.15) is 6.93 Å². The summed E-state index contributed by atoms with van der Waals surface area (Å²) in [5, 5.41) is 0. The summed E-state index contributed by atoms with van der Waals surface area (Å²) < 4.78 is 7.35. The van der Waals surface area contributed by atoms with E-state index in [4.69, 9.17) is 1.37 Å². The van der Waals surface area contributed by atoms with Gasteiger partial charge in [-0.1, -0.05) is 121 Å². The Bertz CT molecular complexity index is 828. The Morgan fingerprint density at radius 1 is 0.440 bits per heavy atom. The number of aryl methyl sites for hydroxylation is 1. The van der Waals surface area contributed by atoms with Crippen molar-refractivity contribution in [1.82, 2.24) is 0 Å². The van der Waals surface area contributed by atoms with E-state index in [1.807, 2.05) is 48.5 Å². The largest absolute Gasteiger partial charge is 0.0623 e. The van der Waals surface area contributed by atoms with Gasteiger partial charge in [0, 0.05) is 0 Å². The summed E-state index contributed by atoms with van der Waals surface area (Å²) in [6.45, 7) is 2.11. The number of hydrogen-bond acceptors (Lipinski definition) is 0. The third-order valence-electron chi connectivity index (χ3n) is 3.98. The molecule has 0 heterocycles. The Morgan fingerprint density at radius 2 is 0.800 bits per heavy atom. The summed E-state index contributed by atoms with van der Waals surface area (Å²) in [7, 11) is 0. The lowest BCUT2D eigenvalue weighted by Crippen LogP contribution is -1.76. The lowest BCUT2D eigenvalue weighted by atomic mass is 10.0. The Balaban J connectivity index is 0.000000151. The molecule has 0 fully saturated rings. The van der Waals surface area contributed by atoms with E-state index in [0.29, 0.717) is 6.04 Å². The quantitative estimate of drug-likeness (QED) is 0.372. The third kappa shape index (κ3) is 4.92. The van der Waals surface area contributed by atoms with Crippen LogP contribution in [0.15, 0.2) is 115 Å². The predicted octanol–water partition coefficient (Wildman–Crippen LogP) is 7.02. The summed E-state index contributed by atoms with van der Waals surface area (Å²) in [5.74, 6) is 0. The Hall–Kier alpha value is -3.12. The van der Waals surface area contributed by atoms with Crippen LogP contribution in [0.3, 0.4) is 0 Å². The molecule has 0 saturated carbocycles. The fourth-order valence-electron chi connectivity index (χ4n) is 2.59. The second-order valence-electron chi connectivity index (χ2n) is 5.89. The second-order valence-corrected chi connectivity index (χ2v) is 5.89. The fraction of sp³-hybridized carbons (Fsp3) is 0.0400. The van der Waals surface area contributed by atoms with Gasteiger partial charge in [-0.05, 0) is 29.2 Å². The maximum absolute atomic E-state index is 7.35. The first-order chi connectivity index (χ1) is 12.7. The summed E-state index contributed by atoms with van der Waals surface area (Å²) in [6, 6.07) is 37.3. The van der Waals surface area contributed by atoms with Crippen LogP contribution in [-0.4, -0.2) is 0 Å². The molecule has 0 aromatic heterocycles. The molecule has 0 amide bonds. The minimum absolute atomic E-state index is 0.555. The van der Waals surface area contributed by atoms with Crippen LogP contribution in [-0.2, 0) is 0 Å². The molecule has 0 aliphatic heterocycles. The second kappa shape index (κ2) is 8.65. The van der Waals surface area contributed by atoms with E-state index in [-0.39, 0.29) is 0 Å². The van der Waals surface area contributed by atoms with Gasteiger partial charge in [0.15, 0.2) is 0 Å². The van der Waals surface area contributed by atoms with Gasteiger partial charge in [0.05, 0.1) is 1.37 Å². The van der Waals surface area contributed by atoms with E-state index in [2.05, 4.69) is 67.6 Å². The van der Waals surface area contributed by atoms with Gasteiger partial charge >= 0.3 is 0 Å². The molecular weight excluding hydrogens is 300 g/mol. The molecule has 4 aromatic rings. The van der Waals surface area contributed by atoms with Crippen molar-refractivity contribution in [1.29, 1.82) is 0 Å². The Morgan fingerprint density at radius 3 is 1.24 bits per heavy atom. The van der Waals surface area contributed by atoms with Gasteiger partial charge in [-0.2, -0.15) is 0 Å². The average Bonchev–Trinajstić information content (AvgIpc) is 2.71. The highest BCUT2D eigenvalue weighted by Crippen LogP contribution is 2.19. The molecule has 0 unspecified atom stereocenters. The molecule has 0 heteroatoms. The highest BCUT2D eigenvalue weighted by Gasteiger charge is 1.94. The standard InChI is InChI=1S/C13H12.C12H10/c1-11-7-9-13(10-8-11)12-5-3-2-4-6-12;1-3-7-11(8-4-1)12-9-5-2-6-10-12/h2-10H,1H3;1-10H/i;1T. The van der Waals surface area contributed by atoms with E-state index >= 15 is 0 Å². The minimum Gasteiger partial charge on any atom is -0.0622 e. The molecule has 0 saturated heterocycles. The van der Waals surface area contributed by atoms with Gasteiger partial charge in [0.1, 0.15) is 0 Å². The zero-order valence-electron chi connectivity index (χ0n) is 15.4. The summed E-state index contributed by atoms with van der Waals surface area (Å²) in [5.41, 5.74) is 6.23. The smallest absolute Gasteiger partial charge is 0.0622 e. The van der Waals surface area contributed by atoms with E-state index in [0.717, 1.165) is 5.56 Å². The van der Waals surface area contributed by atoms with Crippen LogP contribution < -0.4 is 0 Å². The van der Waals surface area contributed by atoms with Gasteiger partial charge in [0.2, 0.25) is 0 Å². The van der Waals surface area contributed by atoms with Crippen LogP contribution in [0.5, 0.6) is 0 Å². The fourth-order valence-corrected chi connectivity index (χ4v) is 2.59. The molecule has 0 nitrogen and oxygen atoms in total. The minimum atomic E-state index is 0.555. The molecule has 122 valence electrons. The van der Waals surface area contributed by atoms with E-state index < -0.39 is 0 Å². The van der Waals surface area contributed by atoms with Crippen molar-refractivity contribution in [2.24, 2.45) is 0 Å². The normalized spacial score (nSPS) is 10.4. The lowest BCUT2D eigenvalue weighted by molar-refractivity contribution is 1.47. The monoisotopic (exact) mass is 324 g/mol. The molecule has 4 aromatic carbocycles. The predicted molar refractivity (Wildman–Crippen MR) is 108 cm³/mol. The van der Waals surface area contributed by atoms with E-state index in [1.54, 1.807) is 0 Å². The molecule has 4 rings (SSSR count). The highest BCUT2D eigenvalue weighted by atomic mass is 14.0. The van der Waals surface area contributed by atoms with Crippen molar-refractivity contribution in [2.45, 2.75) is 6.92 Å². The lowest BCUT2D eigenvalue weighted by Gasteiger charge is -2.00. The van der Waals surface area contributed by atoms with Crippen molar-refractivity contribution in [3.63, 3.8) is 0 Å². The first-order valence-electron chi connectivity index (χ1n) is 8.96. The van der Waals surface area contributed by atoms with Crippen LogP contribution in [0, 0.1) is 6.92 Å². The Kier molecular flexibility index (Phi) is 5.33. The summed E-state index contributed by atoms with van der Waals surface area (Å²) in [6.07, 6.45) is 0. The van der Waals surface area contributed by atoms with Crippen molar-refractivity contribution < 1.29 is 1.37 Å². The van der Waals surface area contributed by atoms with Crippen LogP contribution >= 0.6 is 0 Å².